The maximum Gasteiger partial charge on any atom is 0.253 e. The molecule has 1 amide bonds. The van der Waals surface area contributed by atoms with E-state index in [1.807, 2.05) is 16.7 Å². The van der Waals surface area contributed by atoms with Crippen LogP contribution in [0.3, 0.4) is 0 Å². The van der Waals surface area contributed by atoms with Gasteiger partial charge in [-0.15, -0.1) is 0 Å². The minimum absolute atomic E-state index is 0.00838. The van der Waals surface area contributed by atoms with Crippen molar-refractivity contribution in [3.63, 3.8) is 0 Å². The highest BCUT2D eigenvalue weighted by Gasteiger charge is 2.33. The van der Waals surface area contributed by atoms with Gasteiger partial charge < -0.3 is 14.5 Å². The molecule has 0 unspecified atom stereocenters. The molecule has 1 aliphatic rings. The van der Waals surface area contributed by atoms with Crippen LogP contribution in [0.1, 0.15) is 17.3 Å². The van der Waals surface area contributed by atoms with Gasteiger partial charge in [0.1, 0.15) is 11.5 Å². The Hall–Kier alpha value is -2.77. The first-order chi connectivity index (χ1) is 13.6. The van der Waals surface area contributed by atoms with E-state index in [9.17, 15) is 9.18 Å². The van der Waals surface area contributed by atoms with Gasteiger partial charge in [-0.05, 0) is 42.9 Å². The third-order valence-corrected chi connectivity index (χ3v) is 5.26. The molecule has 2 aromatic heterocycles. The number of benzene rings is 1. The van der Waals surface area contributed by atoms with E-state index in [2.05, 4.69) is 22.1 Å². The molecule has 0 radical (unpaired) electrons. The maximum atomic E-state index is 13.1. The van der Waals surface area contributed by atoms with E-state index >= 15 is 0 Å². The van der Waals surface area contributed by atoms with Gasteiger partial charge in [0.05, 0.1) is 23.4 Å². The van der Waals surface area contributed by atoms with Crippen molar-refractivity contribution >= 4 is 11.6 Å². The van der Waals surface area contributed by atoms with Crippen LogP contribution in [0, 0.1) is 5.82 Å². The van der Waals surface area contributed by atoms with Crippen LogP contribution in [-0.4, -0.2) is 59.1 Å². The minimum Gasteiger partial charge on any atom is -0.378 e. The standard InChI is InChI=1S/C21H23FN4O2/c1-3-25-11-18(19(13-25)28-2)24-21(27)15-6-9-20-23-17(12-26(20)10-15)14-4-7-16(22)8-5-14/h4-10,12,18-19H,3,11,13H2,1-2H3,(H,24,27)/t18-,19-/m0/s1. The first-order valence-corrected chi connectivity index (χ1v) is 9.38. The molecule has 1 aliphatic heterocycles. The Kier molecular flexibility index (Phi) is 5.11. The molecule has 146 valence electrons. The van der Waals surface area contributed by atoms with Gasteiger partial charge in [-0.25, -0.2) is 9.37 Å². The number of nitrogens with one attached hydrogen (secondary N) is 1. The lowest BCUT2D eigenvalue weighted by atomic mass is 10.2. The molecule has 0 bridgehead atoms. The van der Waals surface area contributed by atoms with E-state index < -0.39 is 0 Å². The maximum absolute atomic E-state index is 13.1. The summed E-state index contributed by atoms with van der Waals surface area (Å²) < 4.78 is 20.5. The summed E-state index contributed by atoms with van der Waals surface area (Å²) >= 11 is 0. The zero-order chi connectivity index (χ0) is 19.7. The summed E-state index contributed by atoms with van der Waals surface area (Å²) in [5, 5.41) is 3.09. The molecule has 6 nitrogen and oxygen atoms in total. The number of ether oxygens (including phenoxy) is 1. The summed E-state index contributed by atoms with van der Waals surface area (Å²) in [6, 6.07) is 9.73. The zero-order valence-corrected chi connectivity index (χ0v) is 15.9. The fraction of sp³-hybridized carbons (Fsp3) is 0.333. The van der Waals surface area contributed by atoms with Crippen LogP contribution >= 0.6 is 0 Å². The Labute approximate surface area is 162 Å². The van der Waals surface area contributed by atoms with Crippen LogP contribution in [-0.2, 0) is 4.74 Å². The zero-order valence-electron chi connectivity index (χ0n) is 15.9. The Balaban J connectivity index is 1.54. The molecule has 0 aliphatic carbocycles. The second kappa shape index (κ2) is 7.69. The largest absolute Gasteiger partial charge is 0.378 e. The topological polar surface area (TPSA) is 58.9 Å². The fourth-order valence-corrected chi connectivity index (χ4v) is 3.63. The number of carbonyl (C=O) groups excluding carboxylic acids is 1. The van der Waals surface area contributed by atoms with Gasteiger partial charge in [-0.1, -0.05) is 6.92 Å². The number of fused-ring (bicyclic) bond motifs is 1. The van der Waals surface area contributed by atoms with E-state index in [0.29, 0.717) is 5.56 Å². The second-order valence-electron chi connectivity index (χ2n) is 7.02. The summed E-state index contributed by atoms with van der Waals surface area (Å²) in [7, 11) is 1.68. The van der Waals surface area contributed by atoms with Crippen LogP contribution in [0.2, 0.25) is 0 Å². The predicted octanol–water partition coefficient (Wildman–Crippen LogP) is 2.59. The summed E-state index contributed by atoms with van der Waals surface area (Å²) in [6.45, 7) is 4.63. The summed E-state index contributed by atoms with van der Waals surface area (Å²) in [5.41, 5.74) is 2.83. The molecule has 3 aromatic rings. The van der Waals surface area contributed by atoms with Gasteiger partial charge in [-0.3, -0.25) is 9.69 Å². The highest BCUT2D eigenvalue weighted by atomic mass is 19.1. The van der Waals surface area contributed by atoms with Crippen molar-refractivity contribution in [2.24, 2.45) is 0 Å². The smallest absolute Gasteiger partial charge is 0.253 e. The van der Waals surface area contributed by atoms with Crippen molar-refractivity contribution in [3.05, 3.63) is 60.2 Å². The highest BCUT2D eigenvalue weighted by molar-refractivity contribution is 5.94. The molecule has 0 spiro atoms. The van der Waals surface area contributed by atoms with Crippen LogP contribution in [0.25, 0.3) is 16.9 Å². The second-order valence-corrected chi connectivity index (χ2v) is 7.02. The Morgan fingerprint density at radius 3 is 2.71 bits per heavy atom. The van der Waals surface area contributed by atoms with E-state index in [1.54, 1.807) is 31.5 Å². The van der Waals surface area contributed by atoms with Crippen molar-refractivity contribution in [3.8, 4) is 11.3 Å². The normalized spacial score (nSPS) is 20.0. The van der Waals surface area contributed by atoms with E-state index in [0.717, 1.165) is 36.5 Å². The fourth-order valence-electron chi connectivity index (χ4n) is 3.63. The third kappa shape index (κ3) is 3.63. The highest BCUT2D eigenvalue weighted by Crippen LogP contribution is 2.20. The lowest BCUT2D eigenvalue weighted by molar-refractivity contribution is 0.0762. The molecule has 1 N–H and O–H groups in total. The van der Waals surface area contributed by atoms with Crippen molar-refractivity contribution in [2.45, 2.75) is 19.1 Å². The molecule has 3 heterocycles. The van der Waals surface area contributed by atoms with Gasteiger partial charge >= 0.3 is 0 Å². The van der Waals surface area contributed by atoms with Crippen molar-refractivity contribution in [1.29, 1.82) is 0 Å². The number of methoxy groups -OCH3 is 1. The van der Waals surface area contributed by atoms with Crippen LogP contribution < -0.4 is 5.32 Å². The van der Waals surface area contributed by atoms with Crippen molar-refractivity contribution in [1.82, 2.24) is 19.6 Å². The molecule has 2 atom stereocenters. The van der Waals surface area contributed by atoms with Crippen molar-refractivity contribution < 1.29 is 13.9 Å². The molecule has 1 saturated heterocycles. The lowest BCUT2D eigenvalue weighted by Gasteiger charge is -2.18. The Morgan fingerprint density at radius 1 is 1.21 bits per heavy atom. The SMILES string of the molecule is CCN1C[C@H](NC(=O)c2ccc3nc(-c4ccc(F)cc4)cn3c2)[C@@H](OC)C1. The number of nitrogens with zero attached hydrogens (tertiary/aromatic N) is 3. The number of pyridine rings is 1. The first kappa shape index (κ1) is 18.6. The number of amides is 1. The van der Waals surface area contributed by atoms with Gasteiger partial charge in [0, 0.05) is 38.2 Å². The first-order valence-electron chi connectivity index (χ1n) is 9.38. The number of aromatic nitrogens is 2. The van der Waals surface area contributed by atoms with E-state index in [4.69, 9.17) is 4.74 Å². The minimum atomic E-state index is -0.283. The molecular formula is C21H23FN4O2. The molecular weight excluding hydrogens is 359 g/mol. The number of hydrogen-bond acceptors (Lipinski definition) is 4. The monoisotopic (exact) mass is 382 g/mol. The average Bonchev–Trinajstić information content (AvgIpc) is 3.31. The molecule has 4 rings (SSSR count). The van der Waals surface area contributed by atoms with Gasteiger partial charge in [-0.2, -0.15) is 0 Å². The molecule has 7 heteroatoms. The summed E-state index contributed by atoms with van der Waals surface area (Å²) in [4.78, 5) is 19.6. The van der Waals surface area contributed by atoms with Gasteiger partial charge in [0.25, 0.3) is 5.91 Å². The Morgan fingerprint density at radius 2 is 2.00 bits per heavy atom. The molecule has 0 saturated carbocycles. The number of carbonyl (C=O) groups is 1. The Bertz CT molecular complexity index is 986. The van der Waals surface area contributed by atoms with Crippen LogP contribution in [0.4, 0.5) is 4.39 Å². The van der Waals surface area contributed by atoms with Crippen LogP contribution in [0.5, 0.6) is 0 Å². The summed E-state index contributed by atoms with van der Waals surface area (Å²) in [5.74, 6) is -0.418. The predicted molar refractivity (Wildman–Crippen MR) is 105 cm³/mol. The lowest BCUT2D eigenvalue weighted by Crippen LogP contribution is -2.43. The number of likely N-dealkylation sites (N-methyl/N-ethyl adjacent to an activating group) is 1. The third-order valence-electron chi connectivity index (χ3n) is 5.26. The average molecular weight is 382 g/mol. The number of halogens is 1. The van der Waals surface area contributed by atoms with Crippen molar-refractivity contribution in [2.75, 3.05) is 26.7 Å². The molecule has 1 aromatic carbocycles. The van der Waals surface area contributed by atoms with Gasteiger partial charge in [0.15, 0.2) is 0 Å². The van der Waals surface area contributed by atoms with Gasteiger partial charge in [0.2, 0.25) is 0 Å². The quantitative estimate of drug-likeness (QED) is 0.737. The van der Waals surface area contributed by atoms with E-state index in [-0.39, 0.29) is 23.9 Å². The molecule has 1 fully saturated rings. The summed E-state index contributed by atoms with van der Waals surface area (Å²) in [6.07, 6.45) is 3.59. The number of rotatable bonds is 5. The number of imidazole rings is 1. The molecule has 28 heavy (non-hydrogen) atoms. The number of hydrogen-bond donors (Lipinski definition) is 1. The number of likely N-dealkylation sites (tertiary alicyclic amines) is 1. The van der Waals surface area contributed by atoms with Crippen LogP contribution in [0.15, 0.2) is 48.8 Å². The van der Waals surface area contributed by atoms with E-state index in [1.165, 1.54) is 12.1 Å².